The van der Waals surface area contributed by atoms with Gasteiger partial charge in [0.1, 0.15) is 5.82 Å². The third-order valence-electron chi connectivity index (χ3n) is 2.98. The van der Waals surface area contributed by atoms with Crippen LogP contribution in [0.5, 0.6) is 0 Å². The van der Waals surface area contributed by atoms with E-state index < -0.39 is 0 Å². The van der Waals surface area contributed by atoms with E-state index in [9.17, 15) is 4.39 Å². The van der Waals surface area contributed by atoms with E-state index >= 15 is 0 Å². The summed E-state index contributed by atoms with van der Waals surface area (Å²) < 4.78 is 12.8. The van der Waals surface area contributed by atoms with Crippen LogP contribution in [-0.4, -0.2) is 25.7 Å². The third kappa shape index (κ3) is 2.55. The van der Waals surface area contributed by atoms with Crippen molar-refractivity contribution in [3.05, 3.63) is 35.6 Å². The molecule has 0 aliphatic carbocycles. The minimum atomic E-state index is -0.176. The monoisotopic (exact) mass is 207 g/mol. The van der Waals surface area contributed by atoms with Gasteiger partial charge in [-0.05, 0) is 23.6 Å². The molecule has 1 saturated heterocycles. The molecule has 2 nitrogen and oxygen atoms in total. The van der Waals surface area contributed by atoms with Gasteiger partial charge in [0, 0.05) is 25.7 Å². The first kappa shape index (κ1) is 10.6. The molecule has 1 heterocycles. The lowest BCUT2D eigenvalue weighted by atomic mass is 9.92. The largest absolute Gasteiger partial charge is 0.314 e. The van der Waals surface area contributed by atoms with Crippen LogP contribution in [0.4, 0.5) is 4.39 Å². The fourth-order valence-corrected chi connectivity index (χ4v) is 1.95. The van der Waals surface area contributed by atoms with Crippen LogP contribution in [0.15, 0.2) is 24.3 Å². The second-order valence-corrected chi connectivity index (χ2v) is 4.02. The van der Waals surface area contributed by atoms with Crippen molar-refractivity contribution in [2.75, 3.05) is 19.6 Å². The molecule has 1 N–H and O–H groups in total. The van der Waals surface area contributed by atoms with E-state index in [0.29, 0.717) is 12.0 Å². The molecule has 0 amide bonds. The zero-order valence-electron chi connectivity index (χ0n) is 8.91. The van der Waals surface area contributed by atoms with Crippen LogP contribution in [0.1, 0.15) is 18.4 Å². The van der Waals surface area contributed by atoms with Gasteiger partial charge in [0.25, 0.3) is 0 Å². The summed E-state index contributed by atoms with van der Waals surface area (Å²) >= 11 is 0. The molecule has 1 aromatic rings. The summed E-state index contributed by atoms with van der Waals surface area (Å²) in [7, 11) is 0. The van der Waals surface area contributed by atoms with Gasteiger partial charge in [0.05, 0.1) is 0 Å². The van der Waals surface area contributed by atoms with Crippen molar-refractivity contribution in [1.82, 2.24) is 10.6 Å². The van der Waals surface area contributed by atoms with Gasteiger partial charge < -0.3 is 5.32 Å². The minimum absolute atomic E-state index is 0.176. The lowest BCUT2D eigenvalue weighted by molar-refractivity contribution is 0.370. The van der Waals surface area contributed by atoms with Gasteiger partial charge in [-0.3, -0.25) is 0 Å². The second-order valence-electron chi connectivity index (χ2n) is 4.02. The second kappa shape index (κ2) is 4.73. The van der Waals surface area contributed by atoms with Gasteiger partial charge in [-0.1, -0.05) is 19.1 Å². The van der Waals surface area contributed by atoms with Crippen molar-refractivity contribution >= 4 is 0 Å². The van der Waals surface area contributed by atoms with E-state index in [1.54, 1.807) is 0 Å². The number of halogens is 1. The standard InChI is InChI=1S/C12H16FN2/c1-9(12-8-14-6-7-15-12)10-2-4-11(13)5-3-10/h2-5,9,12,14H,6-8H2,1H3. The van der Waals surface area contributed by atoms with Crippen LogP contribution in [0.3, 0.4) is 0 Å². The van der Waals surface area contributed by atoms with Gasteiger partial charge in [-0.25, -0.2) is 9.71 Å². The van der Waals surface area contributed by atoms with Gasteiger partial charge >= 0.3 is 0 Å². The van der Waals surface area contributed by atoms with Crippen molar-refractivity contribution < 1.29 is 4.39 Å². The summed E-state index contributed by atoms with van der Waals surface area (Å²) in [4.78, 5) is 0. The summed E-state index contributed by atoms with van der Waals surface area (Å²) in [5.41, 5.74) is 1.16. The first-order chi connectivity index (χ1) is 7.27. The predicted octanol–water partition coefficient (Wildman–Crippen LogP) is 1.51. The average Bonchev–Trinajstić information content (AvgIpc) is 2.30. The quantitative estimate of drug-likeness (QED) is 0.781. The smallest absolute Gasteiger partial charge is 0.123 e. The Balaban J connectivity index is 2.05. The molecule has 2 rings (SSSR count). The van der Waals surface area contributed by atoms with E-state index in [1.165, 1.54) is 12.1 Å². The highest BCUT2D eigenvalue weighted by Gasteiger charge is 2.21. The summed E-state index contributed by atoms with van der Waals surface area (Å²) in [6.07, 6.45) is 0. The van der Waals surface area contributed by atoms with E-state index in [2.05, 4.69) is 17.6 Å². The van der Waals surface area contributed by atoms with Crippen molar-refractivity contribution in [3.63, 3.8) is 0 Å². The number of benzene rings is 1. The third-order valence-corrected chi connectivity index (χ3v) is 2.98. The van der Waals surface area contributed by atoms with E-state index in [4.69, 9.17) is 0 Å². The Labute approximate surface area is 89.9 Å². The molecular weight excluding hydrogens is 191 g/mol. The Kier molecular flexibility index (Phi) is 3.34. The van der Waals surface area contributed by atoms with Crippen LogP contribution >= 0.6 is 0 Å². The molecule has 81 valence electrons. The molecule has 0 saturated carbocycles. The number of hydrogen-bond donors (Lipinski definition) is 1. The molecule has 0 bridgehead atoms. The first-order valence-corrected chi connectivity index (χ1v) is 5.40. The zero-order chi connectivity index (χ0) is 10.7. The van der Waals surface area contributed by atoms with Crippen molar-refractivity contribution in [2.45, 2.75) is 18.9 Å². The van der Waals surface area contributed by atoms with Gasteiger partial charge in [-0.2, -0.15) is 0 Å². The maximum Gasteiger partial charge on any atom is 0.123 e. The molecular formula is C12H16FN2. The van der Waals surface area contributed by atoms with Gasteiger partial charge in [-0.15, -0.1) is 0 Å². The highest BCUT2D eigenvalue weighted by molar-refractivity contribution is 5.21. The van der Waals surface area contributed by atoms with E-state index in [-0.39, 0.29) is 5.82 Å². The van der Waals surface area contributed by atoms with E-state index in [0.717, 1.165) is 25.2 Å². The maximum absolute atomic E-state index is 12.8. The van der Waals surface area contributed by atoms with Crippen LogP contribution in [-0.2, 0) is 0 Å². The SMILES string of the molecule is CC(c1ccc(F)cc1)C1CNCC[N]1. The van der Waals surface area contributed by atoms with Crippen LogP contribution in [0.2, 0.25) is 0 Å². The average molecular weight is 207 g/mol. The lowest BCUT2D eigenvalue weighted by Gasteiger charge is -2.28. The fourth-order valence-electron chi connectivity index (χ4n) is 1.95. The summed E-state index contributed by atoms with van der Waals surface area (Å²) in [6, 6.07) is 7.06. The first-order valence-electron chi connectivity index (χ1n) is 5.40. The van der Waals surface area contributed by atoms with Crippen LogP contribution < -0.4 is 10.6 Å². The molecule has 1 fully saturated rings. The Hall–Kier alpha value is -0.930. The van der Waals surface area contributed by atoms with Crippen molar-refractivity contribution in [2.24, 2.45) is 0 Å². The molecule has 2 unspecified atom stereocenters. The number of rotatable bonds is 2. The van der Waals surface area contributed by atoms with Gasteiger partial charge in [0.15, 0.2) is 0 Å². The number of hydrogen-bond acceptors (Lipinski definition) is 1. The van der Waals surface area contributed by atoms with E-state index in [1.807, 2.05) is 12.1 Å². The van der Waals surface area contributed by atoms with Gasteiger partial charge in [0.2, 0.25) is 0 Å². The fraction of sp³-hybridized carbons (Fsp3) is 0.500. The number of nitrogens with zero attached hydrogens (tertiary/aromatic N) is 1. The van der Waals surface area contributed by atoms with Crippen molar-refractivity contribution in [3.8, 4) is 0 Å². The van der Waals surface area contributed by atoms with Crippen LogP contribution in [0, 0.1) is 5.82 Å². The number of piperazine rings is 1. The Bertz CT molecular complexity index is 304. The molecule has 1 aromatic carbocycles. The minimum Gasteiger partial charge on any atom is -0.314 e. The maximum atomic E-state index is 12.8. The molecule has 1 radical (unpaired) electrons. The predicted molar refractivity (Wildman–Crippen MR) is 58.5 cm³/mol. The normalized spacial score (nSPS) is 23.7. The molecule has 0 aromatic heterocycles. The Morgan fingerprint density at radius 2 is 2.13 bits per heavy atom. The lowest BCUT2D eigenvalue weighted by Crippen LogP contribution is -2.46. The summed E-state index contributed by atoms with van der Waals surface area (Å²) in [5.74, 6) is 0.183. The highest BCUT2D eigenvalue weighted by atomic mass is 19.1. The molecule has 1 aliphatic heterocycles. The molecule has 0 spiro atoms. The number of nitrogens with one attached hydrogen (secondary N) is 1. The van der Waals surface area contributed by atoms with Crippen molar-refractivity contribution in [1.29, 1.82) is 0 Å². The molecule has 3 heteroatoms. The Morgan fingerprint density at radius 1 is 1.40 bits per heavy atom. The zero-order valence-corrected chi connectivity index (χ0v) is 8.91. The van der Waals surface area contributed by atoms with Crippen LogP contribution in [0.25, 0.3) is 0 Å². The molecule has 2 atom stereocenters. The molecule has 15 heavy (non-hydrogen) atoms. The molecule has 1 aliphatic rings. The topological polar surface area (TPSA) is 26.1 Å². The summed E-state index contributed by atoms with van der Waals surface area (Å²) in [6.45, 7) is 4.94. The Morgan fingerprint density at radius 3 is 2.73 bits per heavy atom. The highest BCUT2D eigenvalue weighted by Crippen LogP contribution is 2.20. The summed E-state index contributed by atoms with van der Waals surface area (Å²) in [5, 5.41) is 7.90.